The highest BCUT2D eigenvalue weighted by Crippen LogP contribution is 2.11. The van der Waals surface area contributed by atoms with E-state index in [2.05, 4.69) is 27.5 Å². The lowest BCUT2D eigenvalue weighted by Gasteiger charge is -2.25. The Morgan fingerprint density at radius 3 is 2.79 bits per heavy atom. The number of thioether (sulfide) groups is 1. The number of halogens is 1. The van der Waals surface area contributed by atoms with E-state index in [1.54, 1.807) is 12.2 Å². The molecule has 12 heteroatoms. The van der Waals surface area contributed by atoms with Crippen molar-refractivity contribution in [1.29, 1.82) is 0 Å². The second-order valence-electron chi connectivity index (χ2n) is 7.46. The second kappa shape index (κ2) is 13.0. The Bertz CT molecular complexity index is 986. The van der Waals surface area contributed by atoms with Crippen LogP contribution in [-0.2, 0) is 25.7 Å². The maximum atomic E-state index is 14.0. The topological polar surface area (TPSA) is 147 Å². The van der Waals surface area contributed by atoms with Gasteiger partial charge in [0.1, 0.15) is 11.5 Å². The predicted molar refractivity (Wildman–Crippen MR) is 123 cm³/mol. The van der Waals surface area contributed by atoms with Crippen LogP contribution in [0.15, 0.2) is 36.6 Å². The van der Waals surface area contributed by atoms with Gasteiger partial charge in [-0.25, -0.2) is 9.37 Å². The molecule has 2 heterocycles. The molecule has 3 atom stereocenters. The van der Waals surface area contributed by atoms with Crippen molar-refractivity contribution in [3.8, 4) is 0 Å². The number of allylic oxidation sites excluding steroid dienone is 1. The van der Waals surface area contributed by atoms with E-state index in [0.29, 0.717) is 12.2 Å². The van der Waals surface area contributed by atoms with Crippen molar-refractivity contribution in [2.24, 2.45) is 0 Å². The molecule has 4 N–H and O–H groups in total. The minimum absolute atomic E-state index is 0.0133. The first kappa shape index (κ1) is 27.2. The van der Waals surface area contributed by atoms with Crippen molar-refractivity contribution in [3.63, 3.8) is 0 Å². The maximum absolute atomic E-state index is 14.0. The minimum atomic E-state index is -1.49. The summed E-state index contributed by atoms with van der Waals surface area (Å²) in [4.78, 5) is 52.2. The molecule has 1 aliphatic heterocycles. The number of nitrogens with zero attached hydrogens (tertiary/aromatic N) is 1. The van der Waals surface area contributed by atoms with Crippen LogP contribution in [0.1, 0.15) is 42.9 Å². The summed E-state index contributed by atoms with van der Waals surface area (Å²) in [6.07, 6.45) is 1.30. The fourth-order valence-corrected chi connectivity index (χ4v) is 3.34. The number of ether oxygens (including phenoxy) is 1. The van der Waals surface area contributed by atoms with Gasteiger partial charge in [0.2, 0.25) is 5.91 Å². The van der Waals surface area contributed by atoms with Crippen LogP contribution in [-0.4, -0.2) is 57.1 Å². The van der Waals surface area contributed by atoms with Crippen molar-refractivity contribution in [3.05, 3.63) is 53.8 Å². The van der Waals surface area contributed by atoms with Gasteiger partial charge < -0.3 is 25.8 Å². The average Bonchev–Trinajstić information content (AvgIpc) is 2.75. The number of hydrogen-bond donors (Lipinski definition) is 4. The molecule has 0 aromatic carbocycles. The Kier molecular flexibility index (Phi) is 10.4. The van der Waals surface area contributed by atoms with Crippen molar-refractivity contribution in [2.75, 3.05) is 5.75 Å². The van der Waals surface area contributed by atoms with E-state index < -0.39 is 42.0 Å². The zero-order valence-electron chi connectivity index (χ0n) is 18.8. The standard InChI is InChI=1S/C22H27FN4O6S/c1-12-20(30)26-13(2)22(32)33-17(6-4-5-7-34-14(3)28)10-19(29)24-11-16-8-15(23)9-18(27-16)21(31)25-12/h4,6,8-9,13,17,22,32H,1,5,7,10-11H2,2-3H3,(H,24,29)(H,25,31)(H,26,30)/b6-4+/t13-,17+,22?/m0/s1. The van der Waals surface area contributed by atoms with Gasteiger partial charge in [0, 0.05) is 18.7 Å². The molecular weight excluding hydrogens is 467 g/mol. The number of carbonyl (C=O) groups is 4. The molecule has 1 unspecified atom stereocenters. The molecule has 1 aromatic rings. The third kappa shape index (κ3) is 9.04. The van der Waals surface area contributed by atoms with Crippen molar-refractivity contribution >= 4 is 34.6 Å². The highest BCUT2D eigenvalue weighted by atomic mass is 32.2. The normalized spacial score (nSPS) is 22.8. The van der Waals surface area contributed by atoms with E-state index >= 15 is 0 Å². The summed E-state index contributed by atoms with van der Waals surface area (Å²) < 4.78 is 19.5. The molecule has 0 aliphatic carbocycles. The van der Waals surface area contributed by atoms with Crippen LogP contribution in [0.25, 0.3) is 0 Å². The number of nitrogens with one attached hydrogen (secondary N) is 3. The van der Waals surface area contributed by atoms with Gasteiger partial charge in [0.15, 0.2) is 11.4 Å². The van der Waals surface area contributed by atoms with Crippen LogP contribution in [0.3, 0.4) is 0 Å². The molecule has 3 amide bonds. The Morgan fingerprint density at radius 1 is 1.35 bits per heavy atom. The van der Waals surface area contributed by atoms with Gasteiger partial charge in [0.05, 0.1) is 36.5 Å². The molecule has 34 heavy (non-hydrogen) atoms. The molecule has 0 radical (unpaired) electrons. The summed E-state index contributed by atoms with van der Waals surface area (Å²) in [6.45, 7) is 6.25. The van der Waals surface area contributed by atoms with E-state index in [9.17, 15) is 28.7 Å². The fraction of sp³-hybridized carbons (Fsp3) is 0.409. The molecule has 2 rings (SSSR count). The lowest BCUT2D eigenvalue weighted by molar-refractivity contribution is -0.150. The van der Waals surface area contributed by atoms with Crippen molar-refractivity contribution in [1.82, 2.24) is 20.9 Å². The fourth-order valence-electron chi connectivity index (χ4n) is 2.80. The number of pyridine rings is 1. The first-order valence-electron chi connectivity index (χ1n) is 10.4. The van der Waals surface area contributed by atoms with Gasteiger partial charge in [0.25, 0.3) is 11.8 Å². The molecule has 0 spiro atoms. The molecule has 0 saturated carbocycles. The van der Waals surface area contributed by atoms with E-state index in [1.807, 2.05) is 0 Å². The summed E-state index contributed by atoms with van der Waals surface area (Å²) in [6, 6.07) is 1.02. The number of rotatable bonds is 4. The van der Waals surface area contributed by atoms with E-state index in [-0.39, 0.29) is 35.2 Å². The number of fused-ring (bicyclic) bond motifs is 2. The predicted octanol–water partition coefficient (Wildman–Crippen LogP) is 0.918. The summed E-state index contributed by atoms with van der Waals surface area (Å²) in [5.74, 6) is -2.34. The lowest BCUT2D eigenvalue weighted by Crippen LogP contribution is -2.46. The number of aliphatic hydroxyl groups excluding tert-OH is 1. The number of hydrogen-bond acceptors (Lipinski definition) is 8. The van der Waals surface area contributed by atoms with Crippen LogP contribution in [0.5, 0.6) is 0 Å². The quantitative estimate of drug-likeness (QED) is 0.275. The smallest absolute Gasteiger partial charge is 0.274 e. The van der Waals surface area contributed by atoms with Crippen LogP contribution in [0, 0.1) is 5.82 Å². The summed E-state index contributed by atoms with van der Waals surface area (Å²) in [5, 5.41) is 17.6. The van der Waals surface area contributed by atoms with Gasteiger partial charge in [-0.3, -0.25) is 19.2 Å². The van der Waals surface area contributed by atoms with Gasteiger partial charge in [-0.1, -0.05) is 30.5 Å². The Morgan fingerprint density at radius 2 is 2.09 bits per heavy atom. The number of aromatic nitrogens is 1. The first-order valence-corrected chi connectivity index (χ1v) is 11.4. The van der Waals surface area contributed by atoms with E-state index in [4.69, 9.17) is 4.74 Å². The first-order chi connectivity index (χ1) is 16.0. The van der Waals surface area contributed by atoms with Gasteiger partial charge in [-0.05, 0) is 19.4 Å². The molecule has 10 nitrogen and oxygen atoms in total. The zero-order valence-corrected chi connectivity index (χ0v) is 19.6. The Hall–Kier alpha value is -3.09. The number of aliphatic hydroxyl groups is 1. The zero-order chi connectivity index (χ0) is 25.3. The monoisotopic (exact) mass is 494 g/mol. The molecule has 2 bridgehead atoms. The molecule has 184 valence electrons. The summed E-state index contributed by atoms with van der Waals surface area (Å²) in [7, 11) is 0. The van der Waals surface area contributed by atoms with Crippen LogP contribution in [0.2, 0.25) is 0 Å². The Labute approximate surface area is 200 Å². The molecular formula is C22H27FN4O6S. The maximum Gasteiger partial charge on any atom is 0.274 e. The number of carbonyl (C=O) groups excluding carboxylic acids is 4. The lowest BCUT2D eigenvalue weighted by atomic mass is 10.2. The number of amides is 3. The molecule has 1 aliphatic rings. The molecule has 0 saturated heterocycles. The molecule has 0 fully saturated rings. The SMILES string of the molecule is C=C1NC(=O)c2cc(F)cc(n2)CNC(=O)C[C@@H](/C=C/CCSC(C)=O)OC(O)[C@H](C)NC1=O. The van der Waals surface area contributed by atoms with E-state index in [1.165, 1.54) is 13.8 Å². The van der Waals surface area contributed by atoms with Crippen LogP contribution < -0.4 is 16.0 Å². The summed E-state index contributed by atoms with van der Waals surface area (Å²) in [5.41, 5.74) is -0.550. The average molecular weight is 495 g/mol. The van der Waals surface area contributed by atoms with Gasteiger partial charge in [-0.2, -0.15) is 0 Å². The second-order valence-corrected chi connectivity index (χ2v) is 8.73. The molecule has 1 aromatic heterocycles. The third-order valence-corrected chi connectivity index (χ3v) is 5.36. The van der Waals surface area contributed by atoms with Crippen LogP contribution in [0.4, 0.5) is 4.39 Å². The van der Waals surface area contributed by atoms with Gasteiger partial charge in [-0.15, -0.1) is 0 Å². The highest BCUT2D eigenvalue weighted by Gasteiger charge is 2.24. The van der Waals surface area contributed by atoms with Crippen molar-refractivity contribution in [2.45, 2.75) is 51.7 Å². The summed E-state index contributed by atoms with van der Waals surface area (Å²) >= 11 is 1.16. The highest BCUT2D eigenvalue weighted by molar-refractivity contribution is 8.13. The third-order valence-electron chi connectivity index (χ3n) is 4.51. The Balaban J connectivity index is 2.24. The minimum Gasteiger partial charge on any atom is -0.366 e. The van der Waals surface area contributed by atoms with Gasteiger partial charge >= 0.3 is 0 Å². The largest absolute Gasteiger partial charge is 0.366 e. The van der Waals surface area contributed by atoms with E-state index in [0.717, 1.165) is 23.9 Å². The van der Waals surface area contributed by atoms with Crippen molar-refractivity contribution < 1.29 is 33.4 Å². The van der Waals surface area contributed by atoms with Crippen LogP contribution >= 0.6 is 11.8 Å².